The Morgan fingerprint density at radius 3 is 2.50 bits per heavy atom. The highest BCUT2D eigenvalue weighted by Crippen LogP contribution is 2.35. The molecule has 6 heteroatoms. The molecule has 0 amide bonds. The van der Waals surface area contributed by atoms with E-state index in [9.17, 15) is 4.39 Å². The summed E-state index contributed by atoms with van der Waals surface area (Å²) in [4.78, 5) is 12.5. The Kier molecular flexibility index (Phi) is 4.14. The van der Waals surface area contributed by atoms with Gasteiger partial charge in [0.05, 0.1) is 21.6 Å². The minimum atomic E-state index is -0.425. The van der Waals surface area contributed by atoms with Gasteiger partial charge in [-0.15, -0.1) is 0 Å². The van der Waals surface area contributed by atoms with Crippen LogP contribution in [-0.2, 0) is 0 Å². The van der Waals surface area contributed by atoms with E-state index in [1.54, 1.807) is 12.1 Å². The van der Waals surface area contributed by atoms with Crippen LogP contribution in [0.2, 0.25) is 5.02 Å². The number of halogens is 3. The number of benzene rings is 3. The normalized spacial score (nSPS) is 11.4. The third-order valence-corrected chi connectivity index (χ3v) is 5.58. The van der Waals surface area contributed by atoms with Crippen LogP contribution in [0, 0.1) is 5.82 Å². The first-order valence-corrected chi connectivity index (χ1v) is 9.78. The summed E-state index contributed by atoms with van der Waals surface area (Å²) in [7, 11) is 0. The minimum absolute atomic E-state index is 0.251. The van der Waals surface area contributed by atoms with Crippen molar-refractivity contribution in [3.8, 4) is 22.5 Å². The molecule has 0 radical (unpaired) electrons. The predicted molar refractivity (Wildman–Crippen MR) is 115 cm³/mol. The highest BCUT2D eigenvalue weighted by atomic mass is 79.9. The SMILES string of the molecule is Fc1cccc(Cl)c1-c1nc2c([nH]1)c(Br)nc1cc(-c3ccccc3)ccc12. The first-order valence-electron chi connectivity index (χ1n) is 8.60. The molecule has 0 saturated heterocycles. The van der Waals surface area contributed by atoms with Gasteiger partial charge < -0.3 is 4.98 Å². The van der Waals surface area contributed by atoms with E-state index in [2.05, 4.69) is 43.0 Å². The summed E-state index contributed by atoms with van der Waals surface area (Å²) >= 11 is 9.72. The summed E-state index contributed by atoms with van der Waals surface area (Å²) in [6.45, 7) is 0. The average molecular weight is 453 g/mol. The van der Waals surface area contributed by atoms with Crippen LogP contribution in [0.15, 0.2) is 71.3 Å². The third kappa shape index (κ3) is 2.79. The molecule has 5 aromatic rings. The van der Waals surface area contributed by atoms with Crippen molar-refractivity contribution in [3.63, 3.8) is 0 Å². The molecule has 3 nitrogen and oxygen atoms in total. The number of pyridine rings is 1. The fourth-order valence-corrected chi connectivity index (χ4v) is 4.09. The van der Waals surface area contributed by atoms with Gasteiger partial charge in [0, 0.05) is 5.39 Å². The number of hydrogen-bond donors (Lipinski definition) is 1. The molecule has 2 heterocycles. The molecule has 0 saturated carbocycles. The number of imidazole rings is 1. The molecular formula is C22H12BrClFN3. The molecular weight excluding hydrogens is 441 g/mol. The van der Waals surface area contributed by atoms with Gasteiger partial charge in [-0.3, -0.25) is 0 Å². The van der Waals surface area contributed by atoms with E-state index in [0.717, 1.165) is 22.0 Å². The maximum Gasteiger partial charge on any atom is 0.143 e. The topological polar surface area (TPSA) is 41.6 Å². The van der Waals surface area contributed by atoms with E-state index in [1.807, 2.05) is 36.4 Å². The van der Waals surface area contributed by atoms with E-state index in [-0.39, 0.29) is 5.56 Å². The highest BCUT2D eigenvalue weighted by Gasteiger charge is 2.17. The van der Waals surface area contributed by atoms with Crippen LogP contribution >= 0.6 is 27.5 Å². The first kappa shape index (κ1) is 17.3. The van der Waals surface area contributed by atoms with Gasteiger partial charge in [0.2, 0.25) is 0 Å². The fourth-order valence-electron chi connectivity index (χ4n) is 3.36. The Morgan fingerprint density at radius 1 is 0.893 bits per heavy atom. The van der Waals surface area contributed by atoms with E-state index < -0.39 is 5.82 Å². The van der Waals surface area contributed by atoms with Crippen molar-refractivity contribution in [2.45, 2.75) is 0 Å². The zero-order valence-electron chi connectivity index (χ0n) is 14.4. The van der Waals surface area contributed by atoms with Crippen LogP contribution in [0.3, 0.4) is 0 Å². The van der Waals surface area contributed by atoms with Crippen molar-refractivity contribution < 1.29 is 4.39 Å². The van der Waals surface area contributed by atoms with Crippen LogP contribution in [0.1, 0.15) is 0 Å². The van der Waals surface area contributed by atoms with Crippen molar-refractivity contribution in [2.75, 3.05) is 0 Å². The van der Waals surface area contributed by atoms with E-state index in [1.165, 1.54) is 6.07 Å². The summed E-state index contributed by atoms with van der Waals surface area (Å²) in [5, 5.41) is 1.19. The van der Waals surface area contributed by atoms with Gasteiger partial charge in [-0.05, 0) is 51.3 Å². The zero-order valence-corrected chi connectivity index (χ0v) is 16.7. The molecule has 0 aliphatic carbocycles. The number of aromatic amines is 1. The van der Waals surface area contributed by atoms with Crippen molar-refractivity contribution in [2.24, 2.45) is 0 Å². The van der Waals surface area contributed by atoms with Crippen molar-refractivity contribution >= 4 is 49.5 Å². The summed E-state index contributed by atoms with van der Waals surface area (Å²) in [6.07, 6.45) is 0. The van der Waals surface area contributed by atoms with Gasteiger partial charge in [0.25, 0.3) is 0 Å². The molecule has 2 aromatic heterocycles. The molecule has 0 aliphatic rings. The largest absolute Gasteiger partial charge is 0.336 e. The Bertz CT molecular complexity index is 1330. The monoisotopic (exact) mass is 451 g/mol. The fraction of sp³-hybridized carbons (Fsp3) is 0. The molecule has 0 spiro atoms. The molecule has 28 heavy (non-hydrogen) atoms. The summed E-state index contributed by atoms with van der Waals surface area (Å²) in [6, 6.07) is 20.8. The lowest BCUT2D eigenvalue weighted by molar-refractivity contribution is 0.630. The summed E-state index contributed by atoms with van der Waals surface area (Å²) in [5.41, 5.74) is 4.66. The van der Waals surface area contributed by atoms with Gasteiger partial charge in [-0.2, -0.15) is 0 Å². The Morgan fingerprint density at radius 2 is 1.71 bits per heavy atom. The third-order valence-electron chi connectivity index (χ3n) is 4.69. The van der Waals surface area contributed by atoms with Crippen LogP contribution in [0.5, 0.6) is 0 Å². The number of aromatic nitrogens is 3. The van der Waals surface area contributed by atoms with Gasteiger partial charge >= 0.3 is 0 Å². The summed E-state index contributed by atoms with van der Waals surface area (Å²) < 4.78 is 15.0. The van der Waals surface area contributed by atoms with Crippen LogP contribution < -0.4 is 0 Å². The van der Waals surface area contributed by atoms with Crippen molar-refractivity contribution in [1.29, 1.82) is 0 Å². The lowest BCUT2D eigenvalue weighted by atomic mass is 10.0. The molecule has 5 rings (SSSR count). The average Bonchev–Trinajstić information content (AvgIpc) is 3.14. The number of nitrogens with one attached hydrogen (secondary N) is 1. The maximum absolute atomic E-state index is 14.3. The smallest absolute Gasteiger partial charge is 0.143 e. The quantitative estimate of drug-likeness (QED) is 0.293. The Hall–Kier alpha value is -2.76. The molecule has 3 aromatic carbocycles. The lowest BCUT2D eigenvalue weighted by Crippen LogP contribution is -1.87. The lowest BCUT2D eigenvalue weighted by Gasteiger charge is -2.05. The second-order valence-corrected chi connectivity index (χ2v) is 7.56. The van der Waals surface area contributed by atoms with Gasteiger partial charge in [-0.25, -0.2) is 14.4 Å². The highest BCUT2D eigenvalue weighted by molar-refractivity contribution is 9.10. The maximum atomic E-state index is 14.3. The van der Waals surface area contributed by atoms with Crippen LogP contribution in [0.25, 0.3) is 44.5 Å². The number of hydrogen-bond acceptors (Lipinski definition) is 2. The van der Waals surface area contributed by atoms with Crippen molar-refractivity contribution in [1.82, 2.24) is 15.0 Å². The number of H-pyrrole nitrogens is 1. The number of nitrogens with zero attached hydrogens (tertiary/aromatic N) is 2. The second kappa shape index (κ2) is 6.69. The molecule has 1 N–H and O–H groups in total. The number of rotatable bonds is 2. The molecule has 0 aliphatic heterocycles. The standard InChI is InChI=1S/C22H12BrClFN3/c23-21-20-19(27-22(28-20)18-15(24)7-4-8-16(18)25)14-10-9-13(11-17(14)26-21)12-5-2-1-3-6-12/h1-11H,(H,27,28). The summed E-state index contributed by atoms with van der Waals surface area (Å²) in [5.74, 6) is -0.0495. The van der Waals surface area contributed by atoms with Crippen molar-refractivity contribution in [3.05, 3.63) is 82.2 Å². The molecule has 0 bridgehead atoms. The Labute approximate surface area is 173 Å². The van der Waals surface area contributed by atoms with E-state index in [0.29, 0.717) is 26.5 Å². The zero-order chi connectivity index (χ0) is 19.3. The minimum Gasteiger partial charge on any atom is -0.336 e. The van der Waals surface area contributed by atoms with Gasteiger partial charge in [0.1, 0.15) is 21.8 Å². The van der Waals surface area contributed by atoms with Crippen LogP contribution in [0.4, 0.5) is 4.39 Å². The molecule has 0 atom stereocenters. The van der Waals surface area contributed by atoms with Gasteiger partial charge in [-0.1, -0.05) is 54.1 Å². The van der Waals surface area contributed by atoms with E-state index in [4.69, 9.17) is 11.6 Å². The first-order chi connectivity index (χ1) is 13.6. The predicted octanol–water partition coefficient (Wildman–Crippen LogP) is 7.00. The molecule has 136 valence electrons. The van der Waals surface area contributed by atoms with Gasteiger partial charge in [0.15, 0.2) is 0 Å². The number of fused-ring (bicyclic) bond motifs is 3. The second-order valence-electron chi connectivity index (χ2n) is 6.41. The van der Waals surface area contributed by atoms with E-state index >= 15 is 0 Å². The molecule has 0 fully saturated rings. The Balaban J connectivity index is 1.75. The molecule has 0 unspecified atom stereocenters. The van der Waals surface area contributed by atoms with Crippen LogP contribution in [-0.4, -0.2) is 15.0 Å².